The van der Waals surface area contributed by atoms with Crippen LogP contribution in [0.25, 0.3) is 0 Å². The average Bonchev–Trinajstić information content (AvgIpc) is 2.86. The van der Waals surface area contributed by atoms with E-state index in [0.717, 1.165) is 4.47 Å². The van der Waals surface area contributed by atoms with Crippen LogP contribution in [0.2, 0.25) is 0 Å². The lowest BCUT2D eigenvalue weighted by atomic mass is 9.93. The highest BCUT2D eigenvalue weighted by molar-refractivity contribution is 9.10. The van der Waals surface area contributed by atoms with Gasteiger partial charge < -0.3 is 20.1 Å². The average molecular weight is 380 g/mol. The molecule has 0 saturated carbocycles. The fourth-order valence-corrected chi connectivity index (χ4v) is 2.65. The minimum absolute atomic E-state index is 0. The van der Waals surface area contributed by atoms with Crippen LogP contribution in [-0.4, -0.2) is 37.7 Å². The van der Waals surface area contributed by atoms with Crippen molar-refractivity contribution < 1.29 is 14.3 Å². The number of ether oxygens (including phenoxy) is 2. The van der Waals surface area contributed by atoms with Gasteiger partial charge in [0.2, 0.25) is 6.79 Å². The smallest absolute Gasteiger partial charge is 0.253 e. The van der Waals surface area contributed by atoms with Gasteiger partial charge in [0.05, 0.1) is 4.47 Å². The summed E-state index contributed by atoms with van der Waals surface area (Å²) < 4.78 is 11.4. The van der Waals surface area contributed by atoms with Gasteiger partial charge in [-0.25, -0.2) is 0 Å². The van der Waals surface area contributed by atoms with Gasteiger partial charge in [-0.1, -0.05) is 13.8 Å². The summed E-state index contributed by atoms with van der Waals surface area (Å²) in [5, 5.41) is 0. The van der Waals surface area contributed by atoms with Crippen LogP contribution < -0.4 is 15.2 Å². The molecule has 1 amide bonds. The molecule has 0 atom stereocenters. The standard InChI is InChI=1S/C14H19BrN2O3.ClH/c1-14(2,6-16)7-17(3)13(18)9-4-10(15)12-11(5-9)19-8-20-12;/h4-5H,6-8,16H2,1-3H3;1H. The third-order valence-corrected chi connectivity index (χ3v) is 3.83. The Morgan fingerprint density at radius 3 is 2.71 bits per heavy atom. The van der Waals surface area contributed by atoms with Crippen LogP contribution in [0.1, 0.15) is 24.2 Å². The Kier molecular flexibility index (Phi) is 5.90. The second-order valence-electron chi connectivity index (χ2n) is 5.72. The summed E-state index contributed by atoms with van der Waals surface area (Å²) in [7, 11) is 1.78. The SMILES string of the molecule is CN(CC(C)(C)CN)C(=O)c1cc(Br)c2c(c1)OCO2.Cl. The van der Waals surface area contributed by atoms with Crippen molar-refractivity contribution in [3.05, 3.63) is 22.2 Å². The molecule has 1 aliphatic heterocycles. The summed E-state index contributed by atoms with van der Waals surface area (Å²) in [5.41, 5.74) is 6.16. The van der Waals surface area contributed by atoms with Crippen LogP contribution in [0.5, 0.6) is 11.5 Å². The van der Waals surface area contributed by atoms with Crippen molar-refractivity contribution in [2.45, 2.75) is 13.8 Å². The molecule has 2 rings (SSSR count). The highest BCUT2D eigenvalue weighted by Crippen LogP contribution is 2.40. The zero-order chi connectivity index (χ0) is 14.9. The Hall–Kier alpha value is -0.980. The van der Waals surface area contributed by atoms with Crippen molar-refractivity contribution >= 4 is 34.2 Å². The van der Waals surface area contributed by atoms with E-state index >= 15 is 0 Å². The Labute approximate surface area is 139 Å². The van der Waals surface area contributed by atoms with Crippen LogP contribution in [0.3, 0.4) is 0 Å². The molecule has 21 heavy (non-hydrogen) atoms. The van der Waals surface area contributed by atoms with Gasteiger partial charge in [0.1, 0.15) is 0 Å². The predicted molar refractivity (Wildman–Crippen MR) is 87.3 cm³/mol. The van der Waals surface area contributed by atoms with Crippen LogP contribution >= 0.6 is 28.3 Å². The number of carbonyl (C=O) groups excluding carboxylic acids is 1. The molecule has 5 nitrogen and oxygen atoms in total. The van der Waals surface area contributed by atoms with Crippen molar-refractivity contribution in [2.24, 2.45) is 11.1 Å². The number of hydrogen-bond acceptors (Lipinski definition) is 4. The molecule has 0 aromatic heterocycles. The number of rotatable bonds is 4. The second-order valence-corrected chi connectivity index (χ2v) is 6.58. The molecule has 1 aliphatic rings. The Morgan fingerprint density at radius 1 is 1.43 bits per heavy atom. The lowest BCUT2D eigenvalue weighted by molar-refractivity contribution is 0.0740. The third kappa shape index (κ3) is 4.02. The van der Waals surface area contributed by atoms with Crippen LogP contribution in [0.15, 0.2) is 16.6 Å². The Balaban J connectivity index is 0.00000220. The minimum atomic E-state index is -0.113. The molecule has 118 valence electrons. The quantitative estimate of drug-likeness (QED) is 0.873. The summed E-state index contributed by atoms with van der Waals surface area (Å²) in [6.45, 7) is 5.37. The number of amides is 1. The molecule has 1 heterocycles. The lowest BCUT2D eigenvalue weighted by Gasteiger charge is -2.29. The van der Waals surface area contributed by atoms with E-state index in [2.05, 4.69) is 15.9 Å². The third-order valence-electron chi connectivity index (χ3n) is 3.24. The maximum absolute atomic E-state index is 12.5. The van der Waals surface area contributed by atoms with E-state index in [1.54, 1.807) is 24.1 Å². The maximum Gasteiger partial charge on any atom is 0.253 e. The van der Waals surface area contributed by atoms with Gasteiger partial charge in [0.15, 0.2) is 11.5 Å². The van der Waals surface area contributed by atoms with E-state index in [4.69, 9.17) is 15.2 Å². The van der Waals surface area contributed by atoms with Gasteiger partial charge in [-0.2, -0.15) is 0 Å². The van der Waals surface area contributed by atoms with Crippen LogP contribution in [0.4, 0.5) is 0 Å². The molecular weight excluding hydrogens is 360 g/mol. The van der Waals surface area contributed by atoms with Crippen molar-refractivity contribution in [1.82, 2.24) is 4.90 Å². The lowest BCUT2D eigenvalue weighted by Crippen LogP contribution is -2.39. The number of nitrogens with two attached hydrogens (primary N) is 1. The number of fused-ring (bicyclic) bond motifs is 1. The largest absolute Gasteiger partial charge is 0.454 e. The highest BCUT2D eigenvalue weighted by Gasteiger charge is 2.25. The van der Waals surface area contributed by atoms with Gasteiger partial charge >= 0.3 is 0 Å². The molecule has 1 aromatic rings. The summed E-state index contributed by atoms with van der Waals surface area (Å²) >= 11 is 3.39. The van der Waals surface area contributed by atoms with Gasteiger partial charge in [-0.15, -0.1) is 12.4 Å². The zero-order valence-corrected chi connectivity index (χ0v) is 14.7. The fraction of sp³-hybridized carbons (Fsp3) is 0.500. The summed E-state index contributed by atoms with van der Waals surface area (Å²) in [6.07, 6.45) is 0. The van der Waals surface area contributed by atoms with E-state index in [0.29, 0.717) is 30.2 Å². The van der Waals surface area contributed by atoms with E-state index in [1.807, 2.05) is 13.8 Å². The normalized spacial score (nSPS) is 12.8. The maximum atomic E-state index is 12.5. The van der Waals surface area contributed by atoms with E-state index in [-0.39, 0.29) is 30.5 Å². The van der Waals surface area contributed by atoms with Crippen LogP contribution in [0, 0.1) is 5.41 Å². The van der Waals surface area contributed by atoms with Gasteiger partial charge in [0.25, 0.3) is 5.91 Å². The van der Waals surface area contributed by atoms with Crippen LogP contribution in [-0.2, 0) is 0 Å². The number of nitrogens with zero attached hydrogens (tertiary/aromatic N) is 1. The number of carbonyl (C=O) groups is 1. The first-order valence-corrected chi connectivity index (χ1v) is 7.18. The molecule has 0 spiro atoms. The molecule has 0 bridgehead atoms. The number of halogens is 2. The second kappa shape index (κ2) is 6.85. The summed E-state index contributed by atoms with van der Waals surface area (Å²) in [4.78, 5) is 14.1. The van der Waals surface area contributed by atoms with E-state index in [9.17, 15) is 4.79 Å². The van der Waals surface area contributed by atoms with Gasteiger partial charge in [-0.05, 0) is 40.0 Å². The molecule has 2 N–H and O–H groups in total. The Morgan fingerprint density at radius 2 is 2.10 bits per heavy atom. The topological polar surface area (TPSA) is 64.8 Å². The zero-order valence-electron chi connectivity index (χ0n) is 12.3. The first-order chi connectivity index (χ1) is 9.34. The minimum Gasteiger partial charge on any atom is -0.454 e. The fourth-order valence-electron chi connectivity index (χ4n) is 2.09. The molecule has 0 fully saturated rings. The molecule has 0 radical (unpaired) electrons. The van der Waals surface area contributed by atoms with Crippen molar-refractivity contribution in [1.29, 1.82) is 0 Å². The van der Waals surface area contributed by atoms with Crippen molar-refractivity contribution in [3.8, 4) is 11.5 Å². The van der Waals surface area contributed by atoms with Gasteiger partial charge in [-0.3, -0.25) is 4.79 Å². The van der Waals surface area contributed by atoms with E-state index < -0.39 is 0 Å². The number of benzene rings is 1. The predicted octanol–water partition coefficient (Wildman–Crippen LogP) is 2.66. The van der Waals surface area contributed by atoms with Gasteiger partial charge in [0, 0.05) is 19.2 Å². The molecule has 0 saturated heterocycles. The molecule has 1 aromatic carbocycles. The number of hydrogen-bond donors (Lipinski definition) is 1. The molecule has 0 unspecified atom stereocenters. The Bertz CT molecular complexity index is 537. The van der Waals surface area contributed by atoms with Crippen molar-refractivity contribution in [2.75, 3.05) is 26.9 Å². The highest BCUT2D eigenvalue weighted by atomic mass is 79.9. The first kappa shape index (κ1) is 18.1. The molecule has 0 aliphatic carbocycles. The molecular formula is C14H20BrClN2O3. The molecule has 7 heteroatoms. The van der Waals surface area contributed by atoms with Crippen molar-refractivity contribution in [3.63, 3.8) is 0 Å². The first-order valence-electron chi connectivity index (χ1n) is 6.39. The van der Waals surface area contributed by atoms with E-state index in [1.165, 1.54) is 0 Å². The summed E-state index contributed by atoms with van der Waals surface area (Å²) in [5.74, 6) is 1.17. The monoisotopic (exact) mass is 378 g/mol. The summed E-state index contributed by atoms with van der Waals surface area (Å²) in [6, 6.07) is 3.46.